The van der Waals surface area contributed by atoms with Gasteiger partial charge in [0.2, 0.25) is 0 Å². The van der Waals surface area contributed by atoms with E-state index in [-0.39, 0.29) is 34.6 Å². The van der Waals surface area contributed by atoms with Crippen LogP contribution in [0.2, 0.25) is 0 Å². The van der Waals surface area contributed by atoms with Crippen molar-refractivity contribution in [1.29, 1.82) is 0 Å². The lowest BCUT2D eigenvalue weighted by molar-refractivity contribution is -0.134. The van der Waals surface area contributed by atoms with Crippen LogP contribution in [0.15, 0.2) is 54.5 Å². The summed E-state index contributed by atoms with van der Waals surface area (Å²) in [7, 11) is -1.95. The SMILES string of the molecule is C.C.C.C.C=CC(=O)OC(=O)O.C=CC(=O)OC(=O)OC.CCCCCCCCCCCCc1ccc(S(=O)(=O)O)cc1.CO. The van der Waals surface area contributed by atoms with Crippen LogP contribution in [0.5, 0.6) is 0 Å². The summed E-state index contributed by atoms with van der Waals surface area (Å²) in [4.78, 5) is 39.6. The van der Waals surface area contributed by atoms with Crippen molar-refractivity contribution in [3.05, 3.63) is 55.1 Å². The van der Waals surface area contributed by atoms with Gasteiger partial charge in [0.1, 0.15) is 0 Å². The second-order valence-electron chi connectivity index (χ2n) is 8.02. The number of unbranched alkanes of at least 4 members (excludes halogenated alkanes) is 9. The number of rotatable bonds is 14. The molecule has 1 aromatic carbocycles. The summed E-state index contributed by atoms with van der Waals surface area (Å²) in [5.41, 5.74) is 1.13. The third-order valence-corrected chi connectivity index (χ3v) is 5.78. The van der Waals surface area contributed by atoms with E-state index in [0.29, 0.717) is 0 Å². The van der Waals surface area contributed by atoms with Crippen molar-refractivity contribution in [2.45, 2.75) is 112 Å². The molecule has 0 saturated heterocycles. The molecule has 0 fully saturated rings. The molecule has 0 aliphatic heterocycles. The quantitative estimate of drug-likeness (QED) is 0.0564. The number of aryl methyl sites for hydroxylation is 1. The van der Waals surface area contributed by atoms with Gasteiger partial charge in [0.15, 0.2) is 0 Å². The second-order valence-corrected chi connectivity index (χ2v) is 9.44. The van der Waals surface area contributed by atoms with Crippen molar-refractivity contribution in [3.63, 3.8) is 0 Å². The van der Waals surface area contributed by atoms with Gasteiger partial charge in [-0.3, -0.25) is 4.55 Å². The minimum Gasteiger partial charge on any atom is -0.449 e. The Morgan fingerprint density at radius 2 is 1.11 bits per heavy atom. The Balaban J connectivity index is -0.000000106. The van der Waals surface area contributed by atoms with Gasteiger partial charge in [0.25, 0.3) is 10.1 Å². The van der Waals surface area contributed by atoms with Gasteiger partial charge < -0.3 is 24.4 Å². The number of hydrogen-bond acceptors (Lipinski definition) is 10. The van der Waals surface area contributed by atoms with Gasteiger partial charge >= 0.3 is 24.2 Å². The van der Waals surface area contributed by atoms with E-state index < -0.39 is 34.4 Å². The Hall–Kier alpha value is -3.55. The number of carbonyl (C=O) groups excluding carboxylic acids is 3. The third kappa shape index (κ3) is 40.5. The van der Waals surface area contributed by atoms with E-state index in [1.807, 2.05) is 0 Å². The highest BCUT2D eigenvalue weighted by Gasteiger charge is 2.08. The smallest absolute Gasteiger partial charge is 0.449 e. The first-order valence-corrected chi connectivity index (χ1v) is 14.4. The predicted octanol–water partition coefficient (Wildman–Crippen LogP) is 8.43. The average molecular weight is 669 g/mol. The Bertz CT molecular complexity index is 988. The van der Waals surface area contributed by atoms with E-state index in [2.05, 4.69) is 34.3 Å². The molecule has 0 atom stereocenters. The summed E-state index contributed by atoms with van der Waals surface area (Å²) in [6.45, 7) is 8.29. The monoisotopic (exact) mass is 668 g/mol. The topological polar surface area (TPSA) is 191 Å². The number of carbonyl (C=O) groups is 4. The van der Waals surface area contributed by atoms with Crippen molar-refractivity contribution in [3.8, 4) is 0 Å². The molecule has 0 aromatic heterocycles. The first kappa shape index (κ1) is 57.1. The summed E-state index contributed by atoms with van der Waals surface area (Å²) in [5.74, 6) is -1.78. The molecule has 1 aromatic rings. The lowest BCUT2D eigenvalue weighted by atomic mass is 10.0. The van der Waals surface area contributed by atoms with Crippen molar-refractivity contribution >= 4 is 34.4 Å². The van der Waals surface area contributed by atoms with Gasteiger partial charge in [-0.25, -0.2) is 19.2 Å². The molecule has 0 heterocycles. The molecule has 0 radical (unpaired) electrons. The summed E-state index contributed by atoms with van der Waals surface area (Å²) in [6, 6.07) is 6.52. The van der Waals surface area contributed by atoms with E-state index >= 15 is 0 Å². The van der Waals surface area contributed by atoms with Gasteiger partial charge in [-0.1, -0.05) is 120 Å². The Labute approximate surface area is 272 Å². The molecule has 12 nitrogen and oxygen atoms in total. The highest BCUT2D eigenvalue weighted by atomic mass is 32.2. The molecule has 0 spiro atoms. The Morgan fingerprint density at radius 3 is 1.42 bits per heavy atom. The van der Waals surface area contributed by atoms with Gasteiger partial charge in [0, 0.05) is 19.3 Å². The molecule has 3 N–H and O–H groups in total. The maximum absolute atomic E-state index is 10.9. The Morgan fingerprint density at radius 1 is 0.733 bits per heavy atom. The molecular formula is C32H60O12S. The van der Waals surface area contributed by atoms with E-state index in [1.165, 1.54) is 69.9 Å². The predicted molar refractivity (Wildman–Crippen MR) is 180 cm³/mol. The number of methoxy groups -OCH3 is 1. The fourth-order valence-electron chi connectivity index (χ4n) is 2.94. The largest absolute Gasteiger partial charge is 0.516 e. The van der Waals surface area contributed by atoms with Crippen LogP contribution in [-0.2, 0) is 40.3 Å². The molecule has 266 valence electrons. The zero-order valence-electron chi connectivity index (χ0n) is 24.1. The van der Waals surface area contributed by atoms with E-state index in [1.54, 1.807) is 12.1 Å². The molecule has 0 saturated carbocycles. The van der Waals surface area contributed by atoms with Crippen LogP contribution in [-0.4, -0.2) is 61.7 Å². The summed E-state index contributed by atoms with van der Waals surface area (Å²) in [5, 5.41) is 14.7. The van der Waals surface area contributed by atoms with Crippen molar-refractivity contribution in [2.75, 3.05) is 14.2 Å². The summed E-state index contributed by atoms with van der Waals surface area (Å²) in [6.07, 6.45) is 13.1. The molecule has 0 bridgehead atoms. The number of esters is 2. The van der Waals surface area contributed by atoms with E-state index in [9.17, 15) is 27.6 Å². The lowest BCUT2D eigenvalue weighted by Crippen LogP contribution is -2.08. The molecule has 0 aliphatic carbocycles. The lowest BCUT2D eigenvalue weighted by Gasteiger charge is -2.04. The maximum Gasteiger partial charge on any atom is 0.516 e. The maximum atomic E-state index is 10.9. The number of benzene rings is 1. The number of hydrogen-bond donors (Lipinski definition) is 3. The normalized spacial score (nSPS) is 8.73. The van der Waals surface area contributed by atoms with Crippen LogP contribution < -0.4 is 0 Å². The highest BCUT2D eigenvalue weighted by Crippen LogP contribution is 2.14. The first-order valence-electron chi connectivity index (χ1n) is 12.9. The van der Waals surface area contributed by atoms with Gasteiger partial charge in [-0.15, -0.1) is 0 Å². The van der Waals surface area contributed by atoms with Crippen LogP contribution in [0, 0.1) is 0 Å². The van der Waals surface area contributed by atoms with Gasteiger partial charge in [-0.05, 0) is 30.5 Å². The summed E-state index contributed by atoms with van der Waals surface area (Å²) < 4.78 is 42.3. The molecule has 13 heteroatoms. The highest BCUT2D eigenvalue weighted by molar-refractivity contribution is 7.85. The third-order valence-electron chi connectivity index (χ3n) is 4.91. The van der Waals surface area contributed by atoms with Gasteiger partial charge in [0.05, 0.1) is 12.0 Å². The Kier molecular flexibility index (Phi) is 48.9. The minimum atomic E-state index is -4.06. The number of aliphatic hydroxyl groups excluding tert-OH is 1. The first-order chi connectivity index (χ1) is 19.4. The van der Waals surface area contributed by atoms with E-state index in [0.717, 1.165) is 44.8 Å². The van der Waals surface area contributed by atoms with Gasteiger partial charge in [-0.2, -0.15) is 8.42 Å². The standard InChI is InChI=1S/C18H30O3S.C5H6O4.C4H4O4.CH4O.4CH4/c1-2-3-4-5-6-7-8-9-10-11-12-17-13-15-18(16-14-17)22(19,20)21;1-3-4(6)9-5(7)8-2;1-2-3(5)8-4(6)7;1-2;;;;/h13-16H,2-12H2,1H3,(H,19,20,21);3H,1H2,2H3;2H,1H2,(H,6,7);2H,1H3;4*1H4. The molecule has 0 aliphatic rings. The number of carboxylic acid groups (broad SMARTS) is 1. The zero-order valence-corrected chi connectivity index (χ0v) is 24.9. The molecule has 1 rings (SSSR count). The van der Waals surface area contributed by atoms with Crippen molar-refractivity contribution in [1.82, 2.24) is 0 Å². The fourth-order valence-corrected chi connectivity index (χ4v) is 3.42. The fraction of sp³-hybridized carbons (Fsp3) is 0.562. The molecular weight excluding hydrogens is 608 g/mol. The minimum absolute atomic E-state index is 0. The second kappa shape index (κ2) is 38.5. The van der Waals surface area contributed by atoms with Crippen LogP contribution in [0.1, 0.15) is 106 Å². The molecule has 45 heavy (non-hydrogen) atoms. The van der Waals surface area contributed by atoms with Crippen LogP contribution >= 0.6 is 0 Å². The number of ether oxygens (including phenoxy) is 3. The van der Waals surface area contributed by atoms with Crippen LogP contribution in [0.25, 0.3) is 0 Å². The number of aliphatic hydroxyl groups is 1. The van der Waals surface area contributed by atoms with Crippen molar-refractivity contribution < 1.29 is 56.6 Å². The van der Waals surface area contributed by atoms with Crippen molar-refractivity contribution in [2.24, 2.45) is 0 Å². The molecule has 0 unspecified atom stereocenters. The molecule has 0 amide bonds. The van der Waals surface area contributed by atoms with Crippen LogP contribution in [0.3, 0.4) is 0 Å². The zero-order chi connectivity index (χ0) is 32.1. The van der Waals surface area contributed by atoms with E-state index in [4.69, 9.17) is 14.8 Å². The summed E-state index contributed by atoms with van der Waals surface area (Å²) >= 11 is 0. The average Bonchev–Trinajstić information content (AvgIpc) is 2.95. The van der Waals surface area contributed by atoms with Crippen LogP contribution in [0.4, 0.5) is 9.59 Å².